The first-order chi connectivity index (χ1) is 14.5. The summed E-state index contributed by atoms with van der Waals surface area (Å²) in [5, 5.41) is 17.5. The molecule has 31 heavy (non-hydrogen) atoms. The molecule has 0 atom stereocenters. The van der Waals surface area contributed by atoms with E-state index in [0.29, 0.717) is 17.0 Å². The van der Waals surface area contributed by atoms with Crippen LogP contribution in [0.15, 0.2) is 53.6 Å². The molecule has 0 heterocycles. The van der Waals surface area contributed by atoms with Gasteiger partial charge in [-0.05, 0) is 30.7 Å². The minimum atomic E-state index is -3.89. The Hall–Kier alpha value is -3.80. The van der Waals surface area contributed by atoms with Crippen molar-refractivity contribution in [3.8, 4) is 0 Å². The molecule has 2 rings (SSSR count). The molecule has 0 aliphatic heterocycles. The molecule has 164 valence electrons. The zero-order valence-electron chi connectivity index (χ0n) is 17.0. The summed E-state index contributed by atoms with van der Waals surface area (Å²) < 4.78 is 25.0. The molecule has 2 aromatic carbocycles. The van der Waals surface area contributed by atoms with Crippen molar-refractivity contribution in [1.82, 2.24) is 5.43 Å². The Morgan fingerprint density at radius 2 is 1.77 bits per heavy atom. The van der Waals surface area contributed by atoms with Gasteiger partial charge in [0.05, 0.1) is 22.6 Å². The van der Waals surface area contributed by atoms with Gasteiger partial charge < -0.3 is 5.32 Å². The molecule has 0 bridgehead atoms. The molecule has 0 aliphatic rings. The van der Waals surface area contributed by atoms with Crippen molar-refractivity contribution < 1.29 is 22.9 Å². The first kappa shape index (κ1) is 23.5. The van der Waals surface area contributed by atoms with Crippen molar-refractivity contribution in [2.24, 2.45) is 5.10 Å². The number of carbonyl (C=O) groups excluding carboxylic acids is 2. The van der Waals surface area contributed by atoms with Crippen molar-refractivity contribution >= 4 is 44.6 Å². The number of non-ortho nitro benzene ring substituents is 1. The summed E-state index contributed by atoms with van der Waals surface area (Å²) in [5.41, 5.74) is 3.69. The Kier molecular flexibility index (Phi) is 7.42. The van der Waals surface area contributed by atoms with Crippen molar-refractivity contribution in [2.45, 2.75) is 13.8 Å². The highest BCUT2D eigenvalue weighted by Gasteiger charge is 2.22. The van der Waals surface area contributed by atoms with Gasteiger partial charge in [-0.25, -0.2) is 13.8 Å². The molecule has 0 saturated carbocycles. The third kappa shape index (κ3) is 6.89. The largest absolute Gasteiger partial charge is 0.326 e. The van der Waals surface area contributed by atoms with Crippen LogP contribution < -0.4 is 15.0 Å². The van der Waals surface area contributed by atoms with Gasteiger partial charge in [-0.15, -0.1) is 0 Å². The van der Waals surface area contributed by atoms with Crippen LogP contribution in [0.3, 0.4) is 0 Å². The van der Waals surface area contributed by atoms with Gasteiger partial charge in [0.15, 0.2) is 0 Å². The van der Waals surface area contributed by atoms with Crippen LogP contribution in [0.2, 0.25) is 0 Å². The standard InChI is InChI=1S/C19H21N5O6S/c1-13(15-7-9-16(10-8-15)20-14(2)25)21-22-19(26)12-23(31(3,29)30)17-5-4-6-18(11-17)24(27)28/h4-11H,12H2,1-3H3,(H,20,25)(H,22,26)/b21-13-. The van der Waals surface area contributed by atoms with Crippen molar-refractivity contribution in [2.75, 3.05) is 22.4 Å². The SMILES string of the molecule is CC(=O)Nc1ccc(/C(C)=N\NC(=O)CN(c2cccc([N+](=O)[O-])c2)S(C)(=O)=O)cc1. The lowest BCUT2D eigenvalue weighted by Crippen LogP contribution is -2.39. The summed E-state index contributed by atoms with van der Waals surface area (Å²) in [7, 11) is -3.89. The van der Waals surface area contributed by atoms with E-state index in [9.17, 15) is 28.1 Å². The van der Waals surface area contributed by atoms with E-state index >= 15 is 0 Å². The van der Waals surface area contributed by atoms with Gasteiger partial charge in [-0.2, -0.15) is 5.10 Å². The topological polar surface area (TPSA) is 151 Å². The second kappa shape index (κ2) is 9.80. The molecule has 2 N–H and O–H groups in total. The fourth-order valence-electron chi connectivity index (χ4n) is 2.54. The lowest BCUT2D eigenvalue weighted by Gasteiger charge is -2.21. The fraction of sp³-hybridized carbons (Fsp3) is 0.211. The van der Waals surface area contributed by atoms with Gasteiger partial charge in [0.2, 0.25) is 15.9 Å². The van der Waals surface area contributed by atoms with Crippen LogP contribution in [-0.4, -0.2) is 43.7 Å². The predicted molar refractivity (Wildman–Crippen MR) is 116 cm³/mol. The zero-order chi connectivity index (χ0) is 23.2. The summed E-state index contributed by atoms with van der Waals surface area (Å²) in [6.07, 6.45) is 0.893. The molecular formula is C19H21N5O6S. The third-order valence-corrected chi connectivity index (χ3v) is 5.13. The molecule has 0 spiro atoms. The van der Waals surface area contributed by atoms with Crippen molar-refractivity contribution in [3.63, 3.8) is 0 Å². The summed E-state index contributed by atoms with van der Waals surface area (Å²) in [6.45, 7) is 2.42. The summed E-state index contributed by atoms with van der Waals surface area (Å²) in [4.78, 5) is 33.7. The zero-order valence-corrected chi connectivity index (χ0v) is 17.8. The van der Waals surface area contributed by atoms with Gasteiger partial charge in [0.25, 0.3) is 11.6 Å². The first-order valence-electron chi connectivity index (χ1n) is 8.90. The number of amides is 2. The Labute approximate surface area is 179 Å². The quantitative estimate of drug-likeness (QED) is 0.358. The maximum absolute atomic E-state index is 12.3. The number of sulfonamides is 1. The average Bonchev–Trinajstić information content (AvgIpc) is 2.69. The second-order valence-corrected chi connectivity index (χ2v) is 8.44. The number of carbonyl (C=O) groups is 2. The number of nitro groups is 1. The molecule has 0 radical (unpaired) electrons. The lowest BCUT2D eigenvalue weighted by molar-refractivity contribution is -0.384. The minimum absolute atomic E-state index is 0.0129. The van der Waals surface area contributed by atoms with Crippen LogP contribution in [0, 0.1) is 10.1 Å². The lowest BCUT2D eigenvalue weighted by atomic mass is 10.1. The van der Waals surface area contributed by atoms with Crippen LogP contribution in [0.25, 0.3) is 0 Å². The van der Waals surface area contributed by atoms with Crippen LogP contribution in [0.1, 0.15) is 19.4 Å². The second-order valence-electron chi connectivity index (χ2n) is 6.54. The monoisotopic (exact) mass is 447 g/mol. The van der Waals surface area contributed by atoms with E-state index in [1.807, 2.05) is 0 Å². The summed E-state index contributed by atoms with van der Waals surface area (Å²) >= 11 is 0. The number of hydrazone groups is 1. The molecular weight excluding hydrogens is 426 g/mol. The van der Waals surface area contributed by atoms with E-state index in [4.69, 9.17) is 0 Å². The van der Waals surface area contributed by atoms with Crippen molar-refractivity contribution in [1.29, 1.82) is 0 Å². The van der Waals surface area contributed by atoms with E-state index in [2.05, 4.69) is 15.8 Å². The normalized spacial score (nSPS) is 11.5. The molecule has 2 amide bonds. The van der Waals surface area contributed by atoms with Crippen molar-refractivity contribution in [3.05, 3.63) is 64.2 Å². The highest BCUT2D eigenvalue weighted by Crippen LogP contribution is 2.22. The maximum Gasteiger partial charge on any atom is 0.271 e. The highest BCUT2D eigenvalue weighted by atomic mass is 32.2. The maximum atomic E-state index is 12.3. The van der Waals surface area contributed by atoms with Gasteiger partial charge in [-0.1, -0.05) is 18.2 Å². The summed E-state index contributed by atoms with van der Waals surface area (Å²) in [5.74, 6) is -0.935. The molecule has 11 nitrogen and oxygen atoms in total. The number of hydrogen-bond donors (Lipinski definition) is 2. The van der Waals surface area contributed by atoms with Gasteiger partial charge >= 0.3 is 0 Å². The Bertz CT molecular complexity index is 1130. The number of rotatable bonds is 8. The smallest absolute Gasteiger partial charge is 0.271 e. The molecule has 0 aromatic heterocycles. The van der Waals surface area contributed by atoms with E-state index in [-0.39, 0.29) is 17.3 Å². The van der Waals surface area contributed by atoms with Gasteiger partial charge in [0, 0.05) is 24.7 Å². The average molecular weight is 447 g/mol. The van der Waals surface area contributed by atoms with E-state index in [0.717, 1.165) is 16.6 Å². The highest BCUT2D eigenvalue weighted by molar-refractivity contribution is 7.92. The Morgan fingerprint density at radius 3 is 2.32 bits per heavy atom. The van der Waals surface area contributed by atoms with Crippen LogP contribution >= 0.6 is 0 Å². The molecule has 12 heteroatoms. The Morgan fingerprint density at radius 1 is 1.13 bits per heavy atom. The molecule has 0 fully saturated rings. The number of nitrogens with zero attached hydrogens (tertiary/aromatic N) is 3. The van der Waals surface area contributed by atoms with Gasteiger partial charge in [0.1, 0.15) is 6.54 Å². The third-order valence-electron chi connectivity index (χ3n) is 3.99. The Balaban J connectivity index is 2.13. The van der Waals surface area contributed by atoms with Crippen LogP contribution in [-0.2, 0) is 19.6 Å². The fourth-order valence-corrected chi connectivity index (χ4v) is 3.38. The molecule has 0 unspecified atom stereocenters. The number of nitrogens with one attached hydrogen (secondary N) is 2. The predicted octanol–water partition coefficient (Wildman–Crippen LogP) is 1.86. The summed E-state index contributed by atoms with van der Waals surface area (Å²) in [6, 6.07) is 11.7. The molecule has 2 aromatic rings. The number of benzene rings is 2. The van der Waals surface area contributed by atoms with E-state index < -0.39 is 27.4 Å². The van der Waals surface area contributed by atoms with E-state index in [1.165, 1.54) is 25.1 Å². The number of anilines is 2. The molecule has 0 aliphatic carbocycles. The van der Waals surface area contributed by atoms with Gasteiger partial charge in [-0.3, -0.25) is 24.0 Å². The first-order valence-corrected chi connectivity index (χ1v) is 10.8. The molecule has 0 saturated heterocycles. The number of hydrogen-bond acceptors (Lipinski definition) is 7. The van der Waals surface area contributed by atoms with Crippen LogP contribution in [0.4, 0.5) is 17.1 Å². The van der Waals surface area contributed by atoms with E-state index in [1.54, 1.807) is 31.2 Å². The minimum Gasteiger partial charge on any atom is -0.326 e. The number of nitro benzene ring substituents is 1. The van der Waals surface area contributed by atoms with Crippen LogP contribution in [0.5, 0.6) is 0 Å².